The van der Waals surface area contributed by atoms with Gasteiger partial charge in [-0.15, -0.1) is 0 Å². The Labute approximate surface area is 178 Å². The van der Waals surface area contributed by atoms with E-state index in [-0.39, 0.29) is 28.2 Å². The van der Waals surface area contributed by atoms with Crippen LogP contribution in [0.15, 0.2) is 17.7 Å². The zero-order chi connectivity index (χ0) is 22.4. The molecular formula is C24H32N2O4. The van der Waals surface area contributed by atoms with Gasteiger partial charge in [0.2, 0.25) is 0 Å². The van der Waals surface area contributed by atoms with Crippen LogP contribution < -0.4 is 5.32 Å². The number of hydrogen-bond donors (Lipinski definition) is 2. The normalized spacial score (nSPS) is 20.3. The molecule has 2 aliphatic rings. The van der Waals surface area contributed by atoms with Crippen molar-refractivity contribution in [3.05, 3.63) is 34.4 Å². The Morgan fingerprint density at radius 2 is 1.47 bits per heavy atom. The second-order valence-corrected chi connectivity index (χ2v) is 10.4. The minimum Gasteiger partial charge on any atom is -0.507 e. The first-order chi connectivity index (χ1) is 13.8. The number of urea groups is 1. The maximum Gasteiger partial charge on any atom is 0.331 e. The molecule has 0 radical (unpaired) electrons. The van der Waals surface area contributed by atoms with E-state index in [9.17, 15) is 19.5 Å². The van der Waals surface area contributed by atoms with Gasteiger partial charge < -0.3 is 5.11 Å². The molecule has 0 bridgehead atoms. The highest BCUT2D eigenvalue weighted by Gasteiger charge is 2.40. The zero-order valence-corrected chi connectivity index (χ0v) is 18.8. The van der Waals surface area contributed by atoms with Crippen molar-refractivity contribution in [3.63, 3.8) is 0 Å². The van der Waals surface area contributed by atoms with Crippen molar-refractivity contribution in [1.29, 1.82) is 0 Å². The summed E-state index contributed by atoms with van der Waals surface area (Å²) in [7, 11) is 0. The van der Waals surface area contributed by atoms with E-state index < -0.39 is 17.8 Å². The summed E-state index contributed by atoms with van der Waals surface area (Å²) in [5, 5.41) is 13.2. The van der Waals surface area contributed by atoms with Crippen molar-refractivity contribution in [1.82, 2.24) is 10.2 Å². The number of phenolic OH excluding ortho intramolecular Hbond substituents is 1. The van der Waals surface area contributed by atoms with E-state index in [1.807, 2.05) is 53.7 Å². The smallest absolute Gasteiger partial charge is 0.331 e. The third kappa shape index (κ3) is 4.13. The molecule has 1 heterocycles. The molecule has 0 unspecified atom stereocenters. The van der Waals surface area contributed by atoms with Gasteiger partial charge in [-0.2, -0.15) is 0 Å². The molecule has 162 valence electrons. The van der Waals surface area contributed by atoms with Crippen molar-refractivity contribution in [2.45, 2.75) is 84.1 Å². The average Bonchev–Trinajstić information content (AvgIpc) is 3.11. The second-order valence-electron chi connectivity index (χ2n) is 10.4. The average molecular weight is 413 g/mol. The number of benzene rings is 1. The standard InChI is InChI=1S/C24H32N2O4/c1-23(2,3)17-12-14(13-18(19(17)27)24(4,5)6)11-16-20(28)25-22(30)26(21(16)29)15-9-7-8-10-15/h11-13,15,27H,7-10H2,1-6H3,(H,25,28,30)/b16-11+. The van der Waals surface area contributed by atoms with Gasteiger partial charge in [0.25, 0.3) is 11.8 Å². The number of amides is 4. The highest BCUT2D eigenvalue weighted by Crippen LogP contribution is 2.40. The predicted octanol–water partition coefficient (Wildman–Crippen LogP) is 4.39. The van der Waals surface area contributed by atoms with Crippen molar-refractivity contribution in [3.8, 4) is 5.75 Å². The number of carbonyl (C=O) groups excluding carboxylic acids is 3. The molecule has 2 fully saturated rings. The van der Waals surface area contributed by atoms with Crippen LogP contribution in [-0.4, -0.2) is 33.9 Å². The number of aromatic hydroxyl groups is 1. The summed E-state index contributed by atoms with van der Waals surface area (Å²) in [5.74, 6) is -0.986. The first kappa shape index (κ1) is 22.1. The van der Waals surface area contributed by atoms with Crippen molar-refractivity contribution in [2.75, 3.05) is 0 Å². The van der Waals surface area contributed by atoms with Crippen LogP contribution in [0.25, 0.3) is 6.08 Å². The van der Waals surface area contributed by atoms with Crippen LogP contribution in [0.2, 0.25) is 0 Å². The lowest BCUT2D eigenvalue weighted by Gasteiger charge is -2.31. The van der Waals surface area contributed by atoms with E-state index in [0.29, 0.717) is 5.56 Å². The molecule has 1 saturated carbocycles. The minimum atomic E-state index is -0.679. The molecule has 30 heavy (non-hydrogen) atoms. The minimum absolute atomic E-state index is 0.0492. The summed E-state index contributed by atoms with van der Waals surface area (Å²) < 4.78 is 0. The van der Waals surface area contributed by atoms with E-state index in [1.165, 1.54) is 11.0 Å². The van der Waals surface area contributed by atoms with E-state index >= 15 is 0 Å². The molecule has 1 saturated heterocycles. The number of phenols is 1. The van der Waals surface area contributed by atoms with Gasteiger partial charge in [0.15, 0.2) is 0 Å². The molecule has 2 N–H and O–H groups in total. The summed E-state index contributed by atoms with van der Waals surface area (Å²) in [6.07, 6.45) is 5.01. The van der Waals surface area contributed by atoms with Gasteiger partial charge in [0.1, 0.15) is 11.3 Å². The van der Waals surface area contributed by atoms with Crippen LogP contribution in [0.5, 0.6) is 5.75 Å². The molecule has 0 atom stereocenters. The maximum absolute atomic E-state index is 13.1. The molecule has 1 aliphatic heterocycles. The van der Waals surface area contributed by atoms with Gasteiger partial charge in [-0.05, 0) is 47.4 Å². The van der Waals surface area contributed by atoms with E-state index in [0.717, 1.165) is 36.8 Å². The molecule has 6 nitrogen and oxygen atoms in total. The van der Waals surface area contributed by atoms with Gasteiger partial charge >= 0.3 is 6.03 Å². The first-order valence-corrected chi connectivity index (χ1v) is 10.6. The SMILES string of the molecule is CC(C)(C)c1cc(/C=C2\C(=O)NC(=O)N(C3CCCC3)C2=O)cc(C(C)(C)C)c1O. The van der Waals surface area contributed by atoms with Crippen LogP contribution in [-0.2, 0) is 20.4 Å². The van der Waals surface area contributed by atoms with Gasteiger partial charge in [-0.3, -0.25) is 19.8 Å². The first-order valence-electron chi connectivity index (χ1n) is 10.6. The molecule has 0 aromatic heterocycles. The summed E-state index contributed by atoms with van der Waals surface area (Å²) in [5.41, 5.74) is 1.43. The fourth-order valence-electron chi connectivity index (χ4n) is 4.22. The van der Waals surface area contributed by atoms with Crippen molar-refractivity contribution in [2.24, 2.45) is 0 Å². The third-order valence-corrected chi connectivity index (χ3v) is 5.88. The largest absolute Gasteiger partial charge is 0.507 e. The summed E-state index contributed by atoms with van der Waals surface area (Å²) >= 11 is 0. The number of nitrogens with zero attached hydrogens (tertiary/aromatic N) is 1. The van der Waals surface area contributed by atoms with Crippen molar-refractivity contribution >= 4 is 23.9 Å². The molecule has 1 aromatic carbocycles. The Hall–Kier alpha value is -2.63. The van der Waals surface area contributed by atoms with Crippen LogP contribution in [0, 0.1) is 0 Å². The number of nitrogens with one attached hydrogen (secondary N) is 1. The predicted molar refractivity (Wildman–Crippen MR) is 116 cm³/mol. The van der Waals surface area contributed by atoms with Crippen LogP contribution in [0.1, 0.15) is 83.9 Å². The second kappa shape index (κ2) is 7.56. The van der Waals surface area contributed by atoms with E-state index in [2.05, 4.69) is 5.32 Å². The number of hydrogen-bond acceptors (Lipinski definition) is 4. The Kier molecular flexibility index (Phi) is 5.56. The Balaban J connectivity index is 2.11. The Morgan fingerprint density at radius 3 is 1.93 bits per heavy atom. The Morgan fingerprint density at radius 1 is 0.967 bits per heavy atom. The topological polar surface area (TPSA) is 86.7 Å². The summed E-state index contributed by atoms with van der Waals surface area (Å²) in [4.78, 5) is 39.1. The van der Waals surface area contributed by atoms with Gasteiger partial charge in [0, 0.05) is 17.2 Å². The van der Waals surface area contributed by atoms with Crippen LogP contribution in [0.4, 0.5) is 4.79 Å². The van der Waals surface area contributed by atoms with Gasteiger partial charge in [-0.25, -0.2) is 4.79 Å². The lowest BCUT2D eigenvalue weighted by Crippen LogP contribution is -2.57. The maximum atomic E-state index is 13.1. The van der Waals surface area contributed by atoms with Gasteiger partial charge in [-0.1, -0.05) is 54.4 Å². The number of carbonyl (C=O) groups is 3. The van der Waals surface area contributed by atoms with E-state index in [4.69, 9.17) is 0 Å². The van der Waals surface area contributed by atoms with Crippen molar-refractivity contribution < 1.29 is 19.5 Å². The molecule has 4 amide bonds. The zero-order valence-electron chi connectivity index (χ0n) is 18.8. The van der Waals surface area contributed by atoms with E-state index in [1.54, 1.807) is 0 Å². The molecule has 6 heteroatoms. The molecule has 0 spiro atoms. The number of barbiturate groups is 1. The van der Waals surface area contributed by atoms with Crippen LogP contribution in [0.3, 0.4) is 0 Å². The third-order valence-electron chi connectivity index (χ3n) is 5.88. The molecule has 1 aromatic rings. The highest BCUT2D eigenvalue weighted by atomic mass is 16.3. The van der Waals surface area contributed by atoms with Crippen LogP contribution >= 0.6 is 0 Å². The lowest BCUT2D eigenvalue weighted by atomic mass is 9.78. The lowest BCUT2D eigenvalue weighted by molar-refractivity contribution is -0.131. The fraction of sp³-hybridized carbons (Fsp3) is 0.542. The monoisotopic (exact) mass is 412 g/mol. The van der Waals surface area contributed by atoms with Gasteiger partial charge in [0.05, 0.1) is 0 Å². The molecular weight excluding hydrogens is 380 g/mol. The molecule has 3 rings (SSSR count). The Bertz CT molecular complexity index is 890. The summed E-state index contributed by atoms with van der Waals surface area (Å²) in [6, 6.07) is 2.83. The molecule has 1 aliphatic carbocycles. The highest BCUT2D eigenvalue weighted by molar-refractivity contribution is 6.31. The number of rotatable bonds is 2. The quantitative estimate of drug-likeness (QED) is 0.557. The fourth-order valence-corrected chi connectivity index (χ4v) is 4.22. The number of imide groups is 2. The summed E-state index contributed by atoms with van der Waals surface area (Å²) in [6.45, 7) is 12.0.